The molecule has 1 aliphatic rings. The Morgan fingerprint density at radius 3 is 2.40 bits per heavy atom. The number of carbonyl (C=O) groups is 2. The van der Waals surface area contributed by atoms with Gasteiger partial charge in [-0.2, -0.15) is 0 Å². The lowest BCUT2D eigenvalue weighted by Crippen LogP contribution is -2.46. The number of cyclic esters (lactones) is 2. The fourth-order valence-electron chi connectivity index (χ4n) is 1.39. The van der Waals surface area contributed by atoms with Crippen LogP contribution in [0, 0.1) is 0 Å². The van der Waals surface area contributed by atoms with Gasteiger partial charge in [0.1, 0.15) is 0 Å². The number of alkyl halides is 1. The lowest BCUT2D eigenvalue weighted by Gasteiger charge is -2.37. The Labute approximate surface area is 133 Å². The van der Waals surface area contributed by atoms with Crippen molar-refractivity contribution in [3.63, 3.8) is 0 Å². The number of carbonyl (C=O) groups excluding carboxylic acids is 2. The highest BCUT2D eigenvalue weighted by molar-refractivity contribution is 14.1. The van der Waals surface area contributed by atoms with Crippen molar-refractivity contribution in [1.29, 1.82) is 0 Å². The molecule has 0 amide bonds. The molecule has 0 aromatic heterocycles. The van der Waals surface area contributed by atoms with Crippen molar-refractivity contribution in [3.8, 4) is 0 Å². The van der Waals surface area contributed by atoms with Crippen LogP contribution in [-0.2, 0) is 23.4 Å². The van der Waals surface area contributed by atoms with E-state index in [4.69, 9.17) is 18.6 Å². The van der Waals surface area contributed by atoms with E-state index in [1.54, 1.807) is 0 Å². The second kappa shape index (κ2) is 6.61. The minimum Gasteiger partial charge on any atom is -0.458 e. The molecule has 3 atom stereocenters. The van der Waals surface area contributed by atoms with Crippen molar-refractivity contribution in [1.82, 2.24) is 0 Å². The first kappa shape index (κ1) is 17.7. The van der Waals surface area contributed by atoms with Gasteiger partial charge in [-0.1, -0.05) is 20.8 Å². The Morgan fingerprint density at radius 1 is 1.40 bits per heavy atom. The summed E-state index contributed by atoms with van der Waals surface area (Å²) in [4.78, 5) is 21.7. The summed E-state index contributed by atoms with van der Waals surface area (Å²) in [5.74, 6) is 0. The Kier molecular flexibility index (Phi) is 5.85. The maximum Gasteiger partial charge on any atom is 0.510 e. The average molecular weight is 416 g/mol. The van der Waals surface area contributed by atoms with Gasteiger partial charge in [0.2, 0.25) is 0 Å². The van der Waals surface area contributed by atoms with Crippen LogP contribution in [-0.4, -0.2) is 43.9 Å². The molecule has 1 saturated heterocycles. The Hall–Kier alpha value is -0.353. The van der Waals surface area contributed by atoms with Gasteiger partial charge >= 0.3 is 6.16 Å². The third kappa shape index (κ3) is 4.32. The van der Waals surface area contributed by atoms with Gasteiger partial charge in [0.15, 0.2) is 24.6 Å². The monoisotopic (exact) mass is 416 g/mol. The minimum absolute atomic E-state index is 0.0469. The van der Waals surface area contributed by atoms with Gasteiger partial charge in [-0.15, -0.1) is 0 Å². The van der Waals surface area contributed by atoms with Crippen LogP contribution < -0.4 is 0 Å². The van der Waals surface area contributed by atoms with Crippen molar-refractivity contribution in [2.24, 2.45) is 0 Å². The zero-order valence-electron chi connectivity index (χ0n) is 12.3. The maximum atomic E-state index is 11.1. The first-order chi connectivity index (χ1) is 9.08. The maximum absolute atomic E-state index is 11.1. The summed E-state index contributed by atoms with van der Waals surface area (Å²) < 4.78 is 20.4. The molecule has 0 unspecified atom stereocenters. The van der Waals surface area contributed by atoms with Gasteiger partial charge in [0.05, 0.1) is 6.61 Å². The van der Waals surface area contributed by atoms with Crippen LogP contribution in [0.5, 0.6) is 0 Å². The molecule has 0 N–H and O–H groups in total. The predicted octanol–water partition coefficient (Wildman–Crippen LogP) is 2.85. The summed E-state index contributed by atoms with van der Waals surface area (Å²) in [5.41, 5.74) is 0. The molecular formula is C12H21IO6Si. The summed E-state index contributed by atoms with van der Waals surface area (Å²) in [6.45, 7) is 11.1. The molecule has 8 heteroatoms. The second-order valence-electron chi connectivity index (χ2n) is 6.14. The number of hydrogen-bond acceptors (Lipinski definition) is 6. The largest absolute Gasteiger partial charge is 0.510 e. The molecule has 0 radical (unpaired) electrons. The number of hydrogen-bond donors (Lipinski definition) is 0. The molecule has 0 aromatic carbocycles. The summed E-state index contributed by atoms with van der Waals surface area (Å²) >= 11 is 1.93. The van der Waals surface area contributed by atoms with E-state index < -0.39 is 30.8 Å². The predicted molar refractivity (Wildman–Crippen MR) is 83.2 cm³/mol. The van der Waals surface area contributed by atoms with Crippen molar-refractivity contribution in [2.45, 2.75) is 55.2 Å². The molecular weight excluding hydrogens is 395 g/mol. The van der Waals surface area contributed by atoms with Crippen molar-refractivity contribution >= 4 is 43.5 Å². The molecule has 0 aromatic rings. The van der Waals surface area contributed by atoms with Crippen LogP contribution in [0.4, 0.5) is 4.79 Å². The van der Waals surface area contributed by atoms with Crippen LogP contribution in [0.25, 0.3) is 0 Å². The Bertz CT molecular complexity index is 367. The van der Waals surface area contributed by atoms with E-state index in [9.17, 15) is 9.59 Å². The molecule has 0 aliphatic carbocycles. The minimum atomic E-state index is -1.97. The van der Waals surface area contributed by atoms with E-state index >= 15 is 0 Å². The summed E-state index contributed by atoms with van der Waals surface area (Å²) in [5, 5.41) is 0.0469. The van der Waals surface area contributed by atoms with Crippen LogP contribution >= 0.6 is 22.6 Å². The third-order valence-electron chi connectivity index (χ3n) is 3.71. The fourth-order valence-corrected chi connectivity index (χ4v) is 3.22. The highest BCUT2D eigenvalue weighted by atomic mass is 127. The van der Waals surface area contributed by atoms with Gasteiger partial charge in [-0.3, -0.25) is 4.79 Å². The smallest absolute Gasteiger partial charge is 0.458 e. The molecule has 1 heterocycles. The van der Waals surface area contributed by atoms with Crippen molar-refractivity contribution < 1.29 is 28.2 Å². The Morgan fingerprint density at radius 2 is 2.00 bits per heavy atom. The van der Waals surface area contributed by atoms with Gasteiger partial charge in [-0.25, -0.2) is 4.79 Å². The quantitative estimate of drug-likeness (QED) is 0.218. The normalized spacial score (nSPS) is 24.8. The molecule has 116 valence electrons. The molecule has 0 saturated carbocycles. The van der Waals surface area contributed by atoms with Crippen LogP contribution in [0.3, 0.4) is 0 Å². The second-order valence-corrected chi connectivity index (χ2v) is 12.2. The van der Waals surface area contributed by atoms with Gasteiger partial charge < -0.3 is 18.6 Å². The highest BCUT2D eigenvalue weighted by Crippen LogP contribution is 2.37. The Balaban J connectivity index is 2.69. The first-order valence-corrected chi connectivity index (χ1v) is 10.5. The zero-order valence-corrected chi connectivity index (χ0v) is 15.5. The zero-order chi connectivity index (χ0) is 15.6. The van der Waals surface area contributed by atoms with E-state index in [1.165, 1.54) is 0 Å². The van der Waals surface area contributed by atoms with E-state index in [0.29, 0.717) is 6.47 Å². The standard InChI is InChI=1S/C12H21IO6Si/c1-12(2,3)20(4,5)17-6-8(16-7-14)9-10(13)19-11(15)18-9/h7-10H,6H2,1-5H3/t8-,9-,10+/m1/s1. The van der Waals surface area contributed by atoms with Crippen molar-refractivity contribution in [2.75, 3.05) is 6.61 Å². The van der Waals surface area contributed by atoms with Crippen LogP contribution in [0.1, 0.15) is 20.8 Å². The first-order valence-electron chi connectivity index (χ1n) is 6.33. The summed E-state index contributed by atoms with van der Waals surface area (Å²) in [7, 11) is -1.97. The summed E-state index contributed by atoms with van der Waals surface area (Å²) in [6, 6.07) is 0. The lowest BCUT2D eigenvalue weighted by molar-refractivity contribution is -0.140. The molecule has 1 rings (SSSR count). The molecule has 0 spiro atoms. The number of ether oxygens (including phenoxy) is 3. The van der Waals surface area contributed by atoms with Gasteiger partial charge in [0, 0.05) is 0 Å². The van der Waals surface area contributed by atoms with Gasteiger partial charge in [0.25, 0.3) is 6.47 Å². The fraction of sp³-hybridized carbons (Fsp3) is 0.833. The average Bonchev–Trinajstić information content (AvgIpc) is 2.62. The number of halogens is 1. The lowest BCUT2D eigenvalue weighted by atomic mass is 10.2. The number of rotatable bonds is 6. The SMILES string of the molecule is CC(C)(C)[Si](C)(C)OC[C@@H](OC=O)[C@H]1OC(=O)O[C@@H]1I. The van der Waals surface area contributed by atoms with E-state index in [0.717, 1.165) is 0 Å². The molecule has 20 heavy (non-hydrogen) atoms. The van der Waals surface area contributed by atoms with Gasteiger partial charge in [-0.05, 0) is 40.7 Å². The summed E-state index contributed by atoms with van der Waals surface area (Å²) in [6.07, 6.45) is -2.05. The van der Waals surface area contributed by atoms with E-state index in [2.05, 4.69) is 33.9 Å². The van der Waals surface area contributed by atoms with Crippen LogP contribution in [0.15, 0.2) is 0 Å². The molecule has 1 aliphatic heterocycles. The highest BCUT2D eigenvalue weighted by Gasteiger charge is 2.44. The molecule has 1 fully saturated rings. The van der Waals surface area contributed by atoms with Crippen molar-refractivity contribution in [3.05, 3.63) is 0 Å². The third-order valence-corrected chi connectivity index (χ3v) is 9.17. The topological polar surface area (TPSA) is 71.1 Å². The van der Waals surface area contributed by atoms with E-state index in [1.807, 2.05) is 22.6 Å². The van der Waals surface area contributed by atoms with E-state index in [-0.39, 0.29) is 11.6 Å². The molecule has 0 bridgehead atoms. The molecule has 6 nitrogen and oxygen atoms in total. The van der Waals surface area contributed by atoms with Crippen LogP contribution in [0.2, 0.25) is 18.1 Å².